The normalized spacial score (nSPS) is 9.94. The van der Waals surface area contributed by atoms with Crippen LogP contribution in [0.15, 0.2) is 60.7 Å². The Labute approximate surface area is 179 Å². The van der Waals surface area contributed by atoms with Crippen LogP contribution in [0.4, 0.5) is 9.59 Å². The average molecular weight is 428 g/mol. The van der Waals surface area contributed by atoms with E-state index in [-0.39, 0.29) is 39.1 Å². The highest BCUT2D eigenvalue weighted by Crippen LogP contribution is 2.01. The van der Waals surface area contributed by atoms with E-state index in [1.165, 1.54) is 0 Å². The van der Waals surface area contributed by atoms with Crippen molar-refractivity contribution in [2.45, 2.75) is 26.1 Å². The molecule has 0 saturated carbocycles. The average Bonchev–Trinajstić information content (AvgIpc) is 2.77. The number of hydrogen-bond acceptors (Lipinski definition) is 7. The zero-order chi connectivity index (χ0) is 22.3. The summed E-state index contributed by atoms with van der Waals surface area (Å²) in [5, 5.41) is 4.79. The predicted octanol–water partition coefficient (Wildman–Crippen LogP) is 2.69. The van der Waals surface area contributed by atoms with Crippen molar-refractivity contribution in [3.05, 3.63) is 71.8 Å². The van der Waals surface area contributed by atoms with Crippen molar-refractivity contribution in [3.8, 4) is 0 Å². The molecule has 0 aliphatic heterocycles. The minimum absolute atomic E-state index is 0.0379. The fourth-order valence-corrected chi connectivity index (χ4v) is 2.31. The Morgan fingerprint density at radius 3 is 1.39 bits per heavy atom. The van der Waals surface area contributed by atoms with Crippen LogP contribution in [0.3, 0.4) is 0 Å². The second kappa shape index (κ2) is 13.4. The molecule has 2 aromatic rings. The Morgan fingerprint density at radius 1 is 0.613 bits per heavy atom. The molecule has 9 nitrogen and oxygen atoms in total. The second-order valence-electron chi connectivity index (χ2n) is 6.32. The molecule has 2 aromatic carbocycles. The maximum atomic E-state index is 11.6. The zero-order valence-electron chi connectivity index (χ0n) is 16.9. The van der Waals surface area contributed by atoms with E-state index in [1.54, 1.807) is 0 Å². The van der Waals surface area contributed by atoms with E-state index < -0.39 is 24.1 Å². The zero-order valence-corrected chi connectivity index (χ0v) is 16.9. The van der Waals surface area contributed by atoms with Gasteiger partial charge >= 0.3 is 24.1 Å². The molecule has 0 atom stereocenters. The van der Waals surface area contributed by atoms with Crippen molar-refractivity contribution < 1.29 is 33.4 Å². The van der Waals surface area contributed by atoms with E-state index in [0.29, 0.717) is 0 Å². The number of alkyl carbamates (subject to hydrolysis) is 2. The maximum Gasteiger partial charge on any atom is 0.407 e. The topological polar surface area (TPSA) is 120 Å². The van der Waals surface area contributed by atoms with Crippen LogP contribution >= 0.6 is 0 Å². The van der Waals surface area contributed by atoms with Gasteiger partial charge in [0, 0.05) is 13.1 Å². The van der Waals surface area contributed by atoms with Gasteiger partial charge in [-0.15, -0.1) is 0 Å². The summed E-state index contributed by atoms with van der Waals surface area (Å²) in [6.45, 7) is 0.139. The standard InChI is InChI=1S/C22H24N2O7/c25-19(11-13-23-21(27)29-15-17-7-3-1-4-8-17)31-20(26)12-14-24-22(28)30-16-18-9-5-2-6-10-18/h1-10H,11-16H2,(H,23,27)(H,24,28). The van der Waals surface area contributed by atoms with Crippen molar-refractivity contribution in [1.29, 1.82) is 0 Å². The molecule has 0 aliphatic carbocycles. The van der Waals surface area contributed by atoms with Crippen LogP contribution < -0.4 is 10.6 Å². The summed E-state index contributed by atoms with van der Waals surface area (Å²) in [6, 6.07) is 18.3. The number of ether oxygens (including phenoxy) is 3. The first-order chi connectivity index (χ1) is 15.0. The van der Waals surface area contributed by atoms with Crippen LogP contribution in [-0.4, -0.2) is 37.2 Å². The van der Waals surface area contributed by atoms with E-state index in [2.05, 4.69) is 15.4 Å². The number of carbonyl (C=O) groups excluding carboxylic acids is 4. The Hall–Kier alpha value is -3.88. The first kappa shape index (κ1) is 23.4. The summed E-state index contributed by atoms with van der Waals surface area (Å²) >= 11 is 0. The molecule has 164 valence electrons. The maximum absolute atomic E-state index is 11.6. The van der Waals surface area contributed by atoms with Gasteiger partial charge in [0.05, 0.1) is 12.8 Å². The summed E-state index contributed by atoms with van der Waals surface area (Å²) in [5.74, 6) is -1.58. The van der Waals surface area contributed by atoms with Crippen LogP contribution in [-0.2, 0) is 37.0 Å². The van der Waals surface area contributed by atoms with Crippen LogP contribution in [0, 0.1) is 0 Å². The molecule has 0 fully saturated rings. The van der Waals surface area contributed by atoms with Crippen molar-refractivity contribution >= 4 is 24.1 Å². The third-order valence-corrected chi connectivity index (χ3v) is 3.85. The van der Waals surface area contributed by atoms with Gasteiger partial charge in [0.15, 0.2) is 0 Å². The van der Waals surface area contributed by atoms with Crippen LogP contribution in [0.25, 0.3) is 0 Å². The van der Waals surface area contributed by atoms with Gasteiger partial charge in [-0.25, -0.2) is 9.59 Å². The lowest BCUT2D eigenvalue weighted by molar-refractivity contribution is -0.159. The summed E-state index contributed by atoms with van der Waals surface area (Å²) in [7, 11) is 0. The number of benzene rings is 2. The van der Waals surface area contributed by atoms with Crippen molar-refractivity contribution in [2.24, 2.45) is 0 Å². The fourth-order valence-electron chi connectivity index (χ4n) is 2.31. The molecule has 0 unspecified atom stereocenters. The van der Waals surface area contributed by atoms with Crippen LogP contribution in [0.1, 0.15) is 24.0 Å². The molecule has 2 rings (SSSR count). The smallest absolute Gasteiger partial charge is 0.407 e. The summed E-state index contributed by atoms with van der Waals surface area (Å²) in [6.07, 6.45) is -1.75. The molecule has 31 heavy (non-hydrogen) atoms. The molecule has 0 spiro atoms. The number of nitrogens with one attached hydrogen (secondary N) is 2. The minimum Gasteiger partial charge on any atom is -0.445 e. The first-order valence-corrected chi connectivity index (χ1v) is 9.65. The van der Waals surface area contributed by atoms with E-state index in [4.69, 9.17) is 9.47 Å². The Balaban J connectivity index is 1.50. The number of carbonyl (C=O) groups is 4. The number of amides is 2. The van der Waals surface area contributed by atoms with Crippen LogP contribution in [0.5, 0.6) is 0 Å². The Morgan fingerprint density at radius 2 is 1.00 bits per heavy atom. The lowest BCUT2D eigenvalue weighted by atomic mass is 10.2. The molecule has 2 amide bonds. The lowest BCUT2D eigenvalue weighted by Gasteiger charge is -2.08. The highest BCUT2D eigenvalue weighted by Gasteiger charge is 2.12. The number of hydrogen-bond donors (Lipinski definition) is 2. The van der Waals surface area contributed by atoms with Crippen LogP contribution in [0.2, 0.25) is 0 Å². The molecule has 0 aliphatic rings. The highest BCUT2D eigenvalue weighted by atomic mass is 16.6. The summed E-state index contributed by atoms with van der Waals surface area (Å²) in [5.41, 5.74) is 1.67. The van der Waals surface area contributed by atoms with Gasteiger partial charge in [-0.2, -0.15) is 0 Å². The van der Waals surface area contributed by atoms with Gasteiger partial charge in [-0.05, 0) is 11.1 Å². The van der Waals surface area contributed by atoms with E-state index in [9.17, 15) is 19.2 Å². The van der Waals surface area contributed by atoms with Gasteiger partial charge in [-0.1, -0.05) is 60.7 Å². The van der Waals surface area contributed by atoms with Gasteiger partial charge in [-0.3, -0.25) is 9.59 Å². The van der Waals surface area contributed by atoms with Gasteiger partial charge < -0.3 is 24.8 Å². The molecule has 9 heteroatoms. The second-order valence-corrected chi connectivity index (χ2v) is 6.32. The van der Waals surface area contributed by atoms with E-state index in [1.807, 2.05) is 60.7 Å². The lowest BCUT2D eigenvalue weighted by Crippen LogP contribution is -2.29. The monoisotopic (exact) mass is 428 g/mol. The van der Waals surface area contributed by atoms with Gasteiger partial charge in [0.25, 0.3) is 0 Å². The molecular weight excluding hydrogens is 404 g/mol. The molecule has 0 bridgehead atoms. The molecular formula is C22H24N2O7. The largest absolute Gasteiger partial charge is 0.445 e. The van der Waals surface area contributed by atoms with E-state index in [0.717, 1.165) is 11.1 Å². The molecule has 0 radical (unpaired) electrons. The Bertz CT molecular complexity index is 785. The molecule has 0 heterocycles. The number of esters is 2. The highest BCUT2D eigenvalue weighted by molar-refractivity contribution is 5.86. The summed E-state index contributed by atoms with van der Waals surface area (Å²) in [4.78, 5) is 46.4. The van der Waals surface area contributed by atoms with Crippen molar-refractivity contribution in [3.63, 3.8) is 0 Å². The third-order valence-electron chi connectivity index (χ3n) is 3.85. The third kappa shape index (κ3) is 10.5. The number of rotatable bonds is 10. The van der Waals surface area contributed by atoms with Gasteiger partial charge in [0.1, 0.15) is 13.2 Å². The Kier molecular flexibility index (Phi) is 10.1. The molecule has 0 saturated heterocycles. The molecule has 0 aromatic heterocycles. The first-order valence-electron chi connectivity index (χ1n) is 9.65. The SMILES string of the molecule is O=C(CCNC(=O)OCc1ccccc1)OC(=O)CCNC(=O)OCc1ccccc1. The quantitative estimate of drug-likeness (QED) is 0.339. The van der Waals surface area contributed by atoms with Crippen molar-refractivity contribution in [2.75, 3.05) is 13.1 Å². The van der Waals surface area contributed by atoms with E-state index >= 15 is 0 Å². The molecule has 2 N–H and O–H groups in total. The van der Waals surface area contributed by atoms with Gasteiger partial charge in [0.2, 0.25) is 0 Å². The van der Waals surface area contributed by atoms with Crippen molar-refractivity contribution in [1.82, 2.24) is 10.6 Å². The fraction of sp³-hybridized carbons (Fsp3) is 0.273. The minimum atomic E-state index is -0.792. The summed E-state index contributed by atoms with van der Waals surface area (Å²) < 4.78 is 14.6. The predicted molar refractivity (Wildman–Crippen MR) is 110 cm³/mol.